The Morgan fingerprint density at radius 2 is 1.79 bits per heavy atom. The molecule has 2 rings (SSSR count). The molecule has 0 N–H and O–H groups in total. The monoisotopic (exact) mass is 447 g/mol. The van der Waals surface area contributed by atoms with Crippen LogP contribution in [0, 0.1) is 0 Å². The summed E-state index contributed by atoms with van der Waals surface area (Å²) in [5.41, 5.74) is -5.40. The minimum absolute atomic E-state index is 0.0824. The fourth-order valence-electron chi connectivity index (χ4n) is 3.25. The summed E-state index contributed by atoms with van der Waals surface area (Å²) in [5, 5.41) is 0. The van der Waals surface area contributed by atoms with Crippen LogP contribution in [0.5, 0.6) is 0 Å². The van der Waals surface area contributed by atoms with Crippen LogP contribution in [0.1, 0.15) is 52.9 Å². The number of alkyl halides is 3. The Labute approximate surface area is 168 Å². The molecule has 0 radical (unpaired) electrons. The highest BCUT2D eigenvalue weighted by molar-refractivity contribution is 8.29. The van der Waals surface area contributed by atoms with Gasteiger partial charge < -0.3 is 8.37 Å². The Kier molecular flexibility index (Phi) is 7.11. The third-order valence-electron chi connectivity index (χ3n) is 5.62. The molecule has 0 aromatic heterocycles. The first-order chi connectivity index (χ1) is 12.6. The second-order valence-corrected chi connectivity index (χ2v) is 14.2. The summed E-state index contributed by atoms with van der Waals surface area (Å²) >= 11 is 0. The first-order valence-electron chi connectivity index (χ1n) is 9.47. The van der Waals surface area contributed by atoms with Crippen molar-refractivity contribution in [3.63, 3.8) is 0 Å². The second kappa shape index (κ2) is 8.35. The van der Waals surface area contributed by atoms with Crippen molar-refractivity contribution in [3.05, 3.63) is 11.8 Å². The molecule has 166 valence electrons. The van der Waals surface area contributed by atoms with Crippen LogP contribution in [0.3, 0.4) is 0 Å². The molecule has 1 aliphatic heterocycles. The molecule has 0 amide bonds. The lowest BCUT2D eigenvalue weighted by molar-refractivity contribution is -0.0525. The van der Waals surface area contributed by atoms with Gasteiger partial charge in [0.1, 0.15) is 5.76 Å². The maximum atomic E-state index is 12.5. The average Bonchev–Trinajstić information content (AvgIpc) is 2.53. The summed E-state index contributed by atoms with van der Waals surface area (Å²) in [5.74, 6) is -0.114. The van der Waals surface area contributed by atoms with Gasteiger partial charge in [-0.05, 0) is 50.8 Å². The molecule has 0 bridgehead atoms. The molecule has 5 nitrogen and oxygen atoms in total. The van der Waals surface area contributed by atoms with Crippen LogP contribution in [0.2, 0.25) is 0 Å². The third kappa shape index (κ3) is 5.79. The predicted molar refractivity (Wildman–Crippen MR) is 107 cm³/mol. The quantitative estimate of drug-likeness (QED) is 0.457. The highest BCUT2D eigenvalue weighted by atomic mass is 32.3. The van der Waals surface area contributed by atoms with Gasteiger partial charge >= 0.3 is 15.6 Å². The molecule has 28 heavy (non-hydrogen) atoms. The van der Waals surface area contributed by atoms with Gasteiger partial charge in [-0.1, -0.05) is 20.8 Å². The second-order valence-electron chi connectivity index (χ2n) is 8.78. The molecule has 10 heteroatoms. The van der Waals surface area contributed by atoms with Crippen LogP contribution in [0.4, 0.5) is 13.2 Å². The van der Waals surface area contributed by atoms with Gasteiger partial charge in [-0.3, -0.25) is 4.90 Å². The molecule has 2 atom stereocenters. The standard InChI is InChI=1S/C18H32F3NO4S2/c1-17(2,3)27(4,5)25-16-7-6-12-22(13-16)14-8-10-15(11-9-14)26-28(23,24)18(19,20)21/h10,14,16H,6-9,11-13H2,1-5H3/t14?,16-/m0/s1. The summed E-state index contributed by atoms with van der Waals surface area (Å²) in [6, 6.07) is 0.167. The molecule has 1 unspecified atom stereocenters. The SMILES string of the molecule is CC(C)(C)S(C)(C)O[C@H]1CCCN(C2CC=C(OS(=O)(=O)C(F)(F)F)CC2)C1. The number of nitrogens with zero attached hydrogens (tertiary/aromatic N) is 1. The molecule has 0 spiro atoms. The maximum absolute atomic E-state index is 12.5. The van der Waals surface area contributed by atoms with Crippen molar-refractivity contribution in [2.24, 2.45) is 0 Å². The summed E-state index contributed by atoms with van der Waals surface area (Å²) in [6.07, 6.45) is 9.23. The zero-order chi connectivity index (χ0) is 21.4. The first-order valence-corrected chi connectivity index (χ1v) is 13.3. The van der Waals surface area contributed by atoms with E-state index >= 15 is 0 Å². The zero-order valence-electron chi connectivity index (χ0n) is 17.2. The third-order valence-corrected chi connectivity index (χ3v) is 10.3. The highest BCUT2D eigenvalue weighted by Gasteiger charge is 2.49. The Balaban J connectivity index is 1.94. The van der Waals surface area contributed by atoms with Crippen molar-refractivity contribution < 1.29 is 30.0 Å². The number of rotatable bonds is 5. The summed E-state index contributed by atoms with van der Waals surface area (Å²) < 4.78 is 70.5. The normalized spacial score (nSPS) is 26.6. The van der Waals surface area contributed by atoms with Crippen molar-refractivity contribution >= 4 is 20.4 Å². The molecular formula is C18H32F3NO4S2. The van der Waals surface area contributed by atoms with Gasteiger partial charge in [-0.25, -0.2) is 0 Å². The van der Waals surface area contributed by atoms with E-state index in [1.807, 2.05) is 0 Å². The minimum Gasteiger partial charge on any atom is -0.381 e. The number of allylic oxidation sites excluding steroid dienone is 1. The van der Waals surface area contributed by atoms with Crippen LogP contribution in [-0.2, 0) is 18.5 Å². The molecule has 1 saturated heterocycles. The highest BCUT2D eigenvalue weighted by Crippen LogP contribution is 2.55. The molecule has 1 heterocycles. The fourth-order valence-corrected chi connectivity index (χ4v) is 4.91. The lowest BCUT2D eigenvalue weighted by atomic mass is 9.96. The lowest BCUT2D eigenvalue weighted by Gasteiger charge is -2.48. The minimum atomic E-state index is -5.58. The van der Waals surface area contributed by atoms with E-state index in [0.29, 0.717) is 12.8 Å². The molecule has 2 aliphatic rings. The van der Waals surface area contributed by atoms with Crippen LogP contribution in [-0.4, -0.2) is 61.3 Å². The van der Waals surface area contributed by atoms with E-state index in [9.17, 15) is 21.6 Å². The van der Waals surface area contributed by atoms with E-state index in [0.717, 1.165) is 25.9 Å². The molecule has 0 saturated carbocycles. The molecule has 0 aromatic carbocycles. The van der Waals surface area contributed by atoms with Crippen molar-refractivity contribution in [2.75, 3.05) is 25.6 Å². The Hall–Kier alpha value is -0.450. The fraction of sp³-hybridized carbons (Fsp3) is 0.889. The average molecular weight is 448 g/mol. The number of hydrogen-bond donors (Lipinski definition) is 0. The van der Waals surface area contributed by atoms with Gasteiger partial charge in [0.2, 0.25) is 0 Å². The predicted octanol–water partition coefficient (Wildman–Crippen LogP) is 4.55. The van der Waals surface area contributed by atoms with E-state index in [1.54, 1.807) is 0 Å². The van der Waals surface area contributed by atoms with Gasteiger partial charge in [-0.15, -0.1) is 10.3 Å². The number of halogens is 3. The van der Waals surface area contributed by atoms with E-state index in [2.05, 4.69) is 42.4 Å². The molecule has 1 fully saturated rings. The van der Waals surface area contributed by atoms with Gasteiger partial charge in [0.05, 0.1) is 6.10 Å². The number of hydrogen-bond acceptors (Lipinski definition) is 5. The van der Waals surface area contributed by atoms with Crippen LogP contribution < -0.4 is 0 Å². The van der Waals surface area contributed by atoms with Crippen molar-refractivity contribution in [1.29, 1.82) is 0 Å². The molecular weight excluding hydrogens is 415 g/mol. The summed E-state index contributed by atoms with van der Waals surface area (Å²) in [6.45, 7) is 8.27. The zero-order valence-corrected chi connectivity index (χ0v) is 18.8. The molecule has 1 aliphatic carbocycles. The molecule has 0 aromatic rings. The van der Waals surface area contributed by atoms with Crippen LogP contribution >= 0.6 is 10.3 Å². The van der Waals surface area contributed by atoms with Gasteiger partial charge in [0.25, 0.3) is 0 Å². The van der Waals surface area contributed by atoms with E-state index in [1.165, 1.54) is 6.08 Å². The maximum Gasteiger partial charge on any atom is 0.534 e. The van der Waals surface area contributed by atoms with Gasteiger partial charge in [-0.2, -0.15) is 21.6 Å². The lowest BCUT2D eigenvalue weighted by Crippen LogP contribution is -2.47. The van der Waals surface area contributed by atoms with Crippen molar-refractivity contribution in [2.45, 2.75) is 75.3 Å². The van der Waals surface area contributed by atoms with E-state index in [-0.39, 0.29) is 29.1 Å². The largest absolute Gasteiger partial charge is 0.534 e. The summed E-state index contributed by atoms with van der Waals surface area (Å²) in [4.78, 5) is 2.32. The van der Waals surface area contributed by atoms with Crippen molar-refractivity contribution in [1.82, 2.24) is 4.90 Å². The van der Waals surface area contributed by atoms with Gasteiger partial charge in [0.15, 0.2) is 0 Å². The number of likely N-dealkylation sites (tertiary alicyclic amines) is 1. The Morgan fingerprint density at radius 3 is 2.29 bits per heavy atom. The number of piperidine rings is 1. The van der Waals surface area contributed by atoms with E-state index in [4.69, 9.17) is 4.18 Å². The Morgan fingerprint density at radius 1 is 1.14 bits per heavy atom. The topological polar surface area (TPSA) is 55.8 Å². The summed E-state index contributed by atoms with van der Waals surface area (Å²) in [7, 11) is -6.81. The van der Waals surface area contributed by atoms with Crippen LogP contribution in [0.25, 0.3) is 0 Å². The Bertz CT molecular complexity index is 684. The smallest absolute Gasteiger partial charge is 0.381 e. The first kappa shape index (κ1) is 23.8. The van der Waals surface area contributed by atoms with Crippen molar-refractivity contribution in [3.8, 4) is 0 Å². The van der Waals surface area contributed by atoms with Gasteiger partial charge in [0, 0.05) is 23.8 Å². The van der Waals surface area contributed by atoms with Crippen LogP contribution in [0.15, 0.2) is 11.8 Å². The van der Waals surface area contributed by atoms with E-state index < -0.39 is 25.9 Å².